The van der Waals surface area contributed by atoms with E-state index >= 15 is 0 Å². The van der Waals surface area contributed by atoms with Gasteiger partial charge in [0.25, 0.3) is 0 Å². The summed E-state index contributed by atoms with van der Waals surface area (Å²) in [4.78, 5) is 2.75. The minimum absolute atomic E-state index is 0.0122. The van der Waals surface area contributed by atoms with E-state index in [4.69, 9.17) is 0 Å². The summed E-state index contributed by atoms with van der Waals surface area (Å²) in [6.45, 7) is 25.9. The first-order valence-electron chi connectivity index (χ1n) is 18.5. The number of rotatable bonds is 1. The summed E-state index contributed by atoms with van der Waals surface area (Å²) in [5, 5.41) is 2.71. The average molecular weight is 653 g/mol. The fraction of sp³-hybridized carbons (Fsp3) is 0.319. The van der Waals surface area contributed by atoms with Crippen LogP contribution in [0, 0.1) is 0 Å². The molecule has 250 valence electrons. The standard InChI is InChI=1S/C47H49BN2/c1-44(2,3)28-19-22-31(23-20-28)50-43-40(32-15-12-13-17-36(32)47(43,10)11)33-16-14-18-39-41(33)48(50)37-27-30(46(7,8)9)26-35-34-25-29(45(4,5)6)21-24-38(34)49(39)42(35)37/h12-27H,1-11H3. The maximum atomic E-state index is 2.75. The van der Waals surface area contributed by atoms with Crippen LogP contribution in [-0.4, -0.2) is 11.4 Å². The Balaban J connectivity index is 1.45. The van der Waals surface area contributed by atoms with Crippen molar-refractivity contribution >= 4 is 50.8 Å². The van der Waals surface area contributed by atoms with Crippen LogP contribution < -0.4 is 15.7 Å². The van der Waals surface area contributed by atoms with Crippen LogP contribution >= 0.6 is 0 Å². The SMILES string of the molecule is CC(C)(C)c1ccc(N2B3c4c(cccc4-n4c5ccc(C(C)(C)C)cc5c5cc(C(C)(C)C)cc3c54)C3=C2C(C)(C)c2ccccc23)cc1. The molecule has 0 fully saturated rings. The molecule has 3 heteroatoms. The number of hydrogen-bond acceptors (Lipinski definition) is 1. The zero-order chi connectivity index (χ0) is 35.3. The molecule has 0 unspecified atom stereocenters. The summed E-state index contributed by atoms with van der Waals surface area (Å²) in [6, 6.07) is 38.0. The Labute approximate surface area is 298 Å². The highest BCUT2D eigenvalue weighted by Gasteiger charge is 2.51. The van der Waals surface area contributed by atoms with E-state index in [-0.39, 0.29) is 28.5 Å². The number of aromatic nitrogens is 1. The molecule has 5 aromatic carbocycles. The van der Waals surface area contributed by atoms with E-state index in [2.05, 4.69) is 183 Å². The summed E-state index contributed by atoms with van der Waals surface area (Å²) in [7, 11) is 0. The maximum absolute atomic E-state index is 2.75. The van der Waals surface area contributed by atoms with Crippen LogP contribution in [0.15, 0.2) is 103 Å². The Hall–Kier alpha value is -4.50. The molecule has 1 aromatic heterocycles. The smallest absolute Gasteiger partial charge is 0.332 e. The van der Waals surface area contributed by atoms with Crippen molar-refractivity contribution in [3.8, 4) is 5.69 Å². The third-order valence-electron chi connectivity index (χ3n) is 12.0. The van der Waals surface area contributed by atoms with Crippen molar-refractivity contribution < 1.29 is 0 Å². The van der Waals surface area contributed by atoms with E-state index in [0.717, 1.165) is 0 Å². The maximum Gasteiger partial charge on any atom is 0.332 e. The summed E-state index contributed by atoms with van der Waals surface area (Å²) < 4.78 is 2.60. The average Bonchev–Trinajstić information content (AvgIpc) is 3.51. The fourth-order valence-corrected chi connectivity index (χ4v) is 9.25. The Morgan fingerprint density at radius 1 is 0.580 bits per heavy atom. The van der Waals surface area contributed by atoms with Gasteiger partial charge in [-0.25, -0.2) is 0 Å². The predicted molar refractivity (Wildman–Crippen MR) is 216 cm³/mol. The van der Waals surface area contributed by atoms with E-state index in [1.165, 1.54) is 88.8 Å². The highest BCUT2D eigenvalue weighted by molar-refractivity contribution is 6.92. The normalized spacial score (nSPS) is 16.3. The molecule has 50 heavy (non-hydrogen) atoms. The fourth-order valence-electron chi connectivity index (χ4n) is 9.25. The first-order valence-corrected chi connectivity index (χ1v) is 18.5. The third-order valence-corrected chi connectivity index (χ3v) is 12.0. The van der Waals surface area contributed by atoms with Crippen LogP contribution in [0.1, 0.15) is 110 Å². The molecular formula is C47H49BN2. The molecule has 2 aliphatic heterocycles. The molecule has 1 aliphatic carbocycles. The molecule has 0 saturated heterocycles. The Bertz CT molecular complexity index is 2450. The highest BCUT2D eigenvalue weighted by Crippen LogP contribution is 2.54. The van der Waals surface area contributed by atoms with Gasteiger partial charge < -0.3 is 9.38 Å². The van der Waals surface area contributed by atoms with Gasteiger partial charge in [-0.2, -0.15) is 0 Å². The van der Waals surface area contributed by atoms with Crippen LogP contribution in [0.5, 0.6) is 0 Å². The van der Waals surface area contributed by atoms with E-state index < -0.39 is 0 Å². The molecule has 0 radical (unpaired) electrons. The zero-order valence-electron chi connectivity index (χ0n) is 31.7. The number of hydrogen-bond donors (Lipinski definition) is 0. The number of benzene rings is 5. The van der Waals surface area contributed by atoms with Crippen molar-refractivity contribution in [3.05, 3.63) is 136 Å². The van der Waals surface area contributed by atoms with E-state index in [9.17, 15) is 0 Å². The van der Waals surface area contributed by atoms with Gasteiger partial charge in [0.1, 0.15) is 0 Å². The molecule has 0 spiro atoms. The first kappa shape index (κ1) is 31.5. The third kappa shape index (κ3) is 4.16. The van der Waals surface area contributed by atoms with Crippen LogP contribution in [0.2, 0.25) is 0 Å². The zero-order valence-corrected chi connectivity index (χ0v) is 31.7. The van der Waals surface area contributed by atoms with Crippen LogP contribution in [0.3, 0.4) is 0 Å². The van der Waals surface area contributed by atoms with Crippen molar-refractivity contribution in [2.24, 2.45) is 0 Å². The lowest BCUT2D eigenvalue weighted by Crippen LogP contribution is -2.63. The van der Waals surface area contributed by atoms with Gasteiger partial charge in [-0.15, -0.1) is 0 Å². The molecule has 6 aromatic rings. The molecule has 3 aliphatic rings. The molecule has 2 nitrogen and oxygen atoms in total. The molecule has 0 saturated carbocycles. The van der Waals surface area contributed by atoms with Crippen molar-refractivity contribution in [3.63, 3.8) is 0 Å². The monoisotopic (exact) mass is 652 g/mol. The van der Waals surface area contributed by atoms with Crippen molar-refractivity contribution in [2.45, 2.75) is 97.8 Å². The molecule has 0 amide bonds. The lowest BCUT2D eigenvalue weighted by Gasteiger charge is -2.46. The molecule has 0 atom stereocenters. The lowest BCUT2D eigenvalue weighted by atomic mass is 9.43. The molecule has 0 N–H and O–H groups in total. The van der Waals surface area contributed by atoms with Gasteiger partial charge in [0.15, 0.2) is 0 Å². The van der Waals surface area contributed by atoms with Gasteiger partial charge in [-0.1, -0.05) is 137 Å². The summed E-state index contributed by atoms with van der Waals surface area (Å²) in [6.07, 6.45) is 0. The summed E-state index contributed by atoms with van der Waals surface area (Å²) in [5.41, 5.74) is 19.0. The minimum Gasteiger partial charge on any atom is -0.379 e. The molecule has 3 heterocycles. The van der Waals surface area contributed by atoms with Crippen molar-refractivity contribution in [2.75, 3.05) is 4.81 Å². The van der Waals surface area contributed by atoms with E-state index in [1.54, 1.807) is 0 Å². The second kappa shape index (κ2) is 9.84. The largest absolute Gasteiger partial charge is 0.379 e. The van der Waals surface area contributed by atoms with E-state index in [0.29, 0.717) is 0 Å². The first-order chi connectivity index (χ1) is 23.5. The number of nitrogens with zero attached hydrogens (tertiary/aromatic N) is 2. The molecule has 9 rings (SSSR count). The second-order valence-corrected chi connectivity index (χ2v) is 18.7. The Morgan fingerprint density at radius 3 is 1.88 bits per heavy atom. The summed E-state index contributed by atoms with van der Waals surface area (Å²) >= 11 is 0. The lowest BCUT2D eigenvalue weighted by molar-refractivity contribution is 0.590. The topological polar surface area (TPSA) is 8.17 Å². The van der Waals surface area contributed by atoms with E-state index in [1.807, 2.05) is 0 Å². The van der Waals surface area contributed by atoms with Gasteiger partial charge in [0.2, 0.25) is 0 Å². The number of allylic oxidation sites excluding steroid dienone is 1. The molecule has 0 bridgehead atoms. The van der Waals surface area contributed by atoms with Gasteiger partial charge in [-0.05, 0) is 96.9 Å². The predicted octanol–water partition coefficient (Wildman–Crippen LogP) is 10.7. The van der Waals surface area contributed by atoms with Crippen molar-refractivity contribution in [1.29, 1.82) is 0 Å². The van der Waals surface area contributed by atoms with Gasteiger partial charge in [0, 0.05) is 38.8 Å². The number of anilines is 1. The minimum atomic E-state index is -0.186. The quantitative estimate of drug-likeness (QED) is 0.161. The van der Waals surface area contributed by atoms with Crippen LogP contribution in [0.4, 0.5) is 5.69 Å². The highest BCUT2D eigenvalue weighted by atomic mass is 15.1. The van der Waals surface area contributed by atoms with Crippen LogP contribution in [-0.2, 0) is 21.7 Å². The van der Waals surface area contributed by atoms with Crippen LogP contribution in [0.25, 0.3) is 33.1 Å². The van der Waals surface area contributed by atoms with Gasteiger partial charge in [-0.3, -0.25) is 0 Å². The second-order valence-electron chi connectivity index (χ2n) is 18.7. The van der Waals surface area contributed by atoms with Crippen molar-refractivity contribution in [1.82, 2.24) is 4.57 Å². The Kier molecular flexibility index (Phi) is 6.20. The number of fused-ring (bicyclic) bond motifs is 8. The molecular weight excluding hydrogens is 603 g/mol. The van der Waals surface area contributed by atoms with Gasteiger partial charge in [0.05, 0.1) is 11.0 Å². The Morgan fingerprint density at radius 2 is 1.20 bits per heavy atom. The summed E-state index contributed by atoms with van der Waals surface area (Å²) in [5.74, 6) is 0. The van der Waals surface area contributed by atoms with Gasteiger partial charge >= 0.3 is 6.85 Å².